The third kappa shape index (κ3) is 2.88. The molecule has 7 nitrogen and oxygen atoms in total. The Morgan fingerprint density at radius 3 is 2.63 bits per heavy atom. The maximum absolute atomic E-state index is 14.8. The minimum absolute atomic E-state index is 0.105. The Labute approximate surface area is 170 Å². The molecule has 30 heavy (non-hydrogen) atoms. The van der Waals surface area contributed by atoms with E-state index in [9.17, 15) is 18.7 Å². The van der Waals surface area contributed by atoms with E-state index in [0.29, 0.717) is 16.7 Å². The van der Waals surface area contributed by atoms with Gasteiger partial charge in [-0.25, -0.2) is 18.7 Å². The van der Waals surface area contributed by atoms with Gasteiger partial charge in [-0.3, -0.25) is 9.36 Å². The van der Waals surface area contributed by atoms with E-state index < -0.39 is 23.5 Å². The summed E-state index contributed by atoms with van der Waals surface area (Å²) in [5.41, 5.74) is 6.80. The number of fused-ring (bicyclic) bond motifs is 4. The van der Waals surface area contributed by atoms with Crippen molar-refractivity contribution in [1.29, 1.82) is 0 Å². The molecule has 3 aromatic rings. The normalized spacial score (nSPS) is 25.5. The molecule has 6 rings (SSSR count). The second-order valence-corrected chi connectivity index (χ2v) is 8.17. The lowest BCUT2D eigenvalue weighted by molar-refractivity contribution is -0.148. The summed E-state index contributed by atoms with van der Waals surface area (Å²) in [4.78, 5) is 19.9. The number of carboxylic acid groups (broad SMARTS) is 1. The molecule has 0 spiro atoms. The highest BCUT2D eigenvalue weighted by Crippen LogP contribution is 2.47. The van der Waals surface area contributed by atoms with Crippen LogP contribution >= 0.6 is 0 Å². The number of nitrogen functional groups attached to an aromatic ring is 1. The maximum atomic E-state index is 14.8. The lowest BCUT2D eigenvalue weighted by atomic mass is 9.61. The second-order valence-electron chi connectivity index (χ2n) is 8.17. The average Bonchev–Trinajstić information content (AvgIpc) is 3.16. The maximum Gasteiger partial charge on any atom is 0.308 e. The van der Waals surface area contributed by atoms with Crippen molar-refractivity contribution in [3.05, 3.63) is 42.4 Å². The predicted molar refractivity (Wildman–Crippen MR) is 107 cm³/mol. The Bertz CT molecular complexity index is 1140. The molecule has 0 saturated heterocycles. The molecule has 3 saturated carbocycles. The molecule has 9 heteroatoms. The summed E-state index contributed by atoms with van der Waals surface area (Å²) in [5, 5.41) is 13.5. The zero-order valence-electron chi connectivity index (χ0n) is 16.1. The van der Waals surface area contributed by atoms with Crippen LogP contribution < -0.4 is 11.1 Å². The standard InChI is InChI=1S/C21H21F2N5O2/c22-12-7-15(19(24)25-8-12)28-6-5-13-18(14(23)9-26-20(13)28)27-17-11-3-1-10(2-4-11)16(17)21(29)30/h5-11,16-17H,1-4H2,(H2,24,25)(H,26,27)(H,29,30)/t10-,11+,16-,17-/m0/s1. The number of nitrogens with zero attached hydrogens (tertiary/aromatic N) is 3. The Kier molecular flexibility index (Phi) is 4.34. The molecule has 3 aliphatic carbocycles. The first-order valence-electron chi connectivity index (χ1n) is 10.0. The number of anilines is 2. The number of carboxylic acids is 1. The molecule has 0 amide bonds. The number of hydrogen-bond donors (Lipinski definition) is 3. The van der Waals surface area contributed by atoms with Gasteiger partial charge in [0.25, 0.3) is 0 Å². The minimum atomic E-state index is -0.844. The first-order chi connectivity index (χ1) is 14.4. The SMILES string of the molecule is Nc1ncc(F)cc1-n1ccc2c(N[C@H]3[C@H]4CC[C@H](CC4)[C@@H]3C(=O)O)c(F)cnc21. The summed E-state index contributed by atoms with van der Waals surface area (Å²) in [7, 11) is 0. The zero-order valence-corrected chi connectivity index (χ0v) is 16.1. The molecule has 2 atom stereocenters. The summed E-state index contributed by atoms with van der Waals surface area (Å²) in [5.74, 6) is -2.10. The zero-order chi connectivity index (χ0) is 21.0. The summed E-state index contributed by atoms with van der Waals surface area (Å²) < 4.78 is 30.1. The first-order valence-corrected chi connectivity index (χ1v) is 10.0. The van der Waals surface area contributed by atoms with Gasteiger partial charge in [-0.2, -0.15) is 0 Å². The van der Waals surface area contributed by atoms with Gasteiger partial charge in [-0.05, 0) is 43.6 Å². The Morgan fingerprint density at radius 1 is 1.17 bits per heavy atom. The molecule has 2 bridgehead atoms. The van der Waals surface area contributed by atoms with E-state index in [4.69, 9.17) is 5.73 Å². The largest absolute Gasteiger partial charge is 0.481 e. The van der Waals surface area contributed by atoms with Crippen LogP contribution in [0.15, 0.2) is 30.7 Å². The van der Waals surface area contributed by atoms with Crippen LogP contribution in [-0.2, 0) is 4.79 Å². The van der Waals surface area contributed by atoms with E-state index in [1.54, 1.807) is 16.8 Å². The molecule has 0 radical (unpaired) electrons. The van der Waals surface area contributed by atoms with Gasteiger partial charge in [0.2, 0.25) is 0 Å². The minimum Gasteiger partial charge on any atom is -0.481 e. The molecule has 3 fully saturated rings. The van der Waals surface area contributed by atoms with Crippen LogP contribution in [0.25, 0.3) is 16.7 Å². The van der Waals surface area contributed by atoms with E-state index in [0.717, 1.165) is 38.1 Å². The van der Waals surface area contributed by atoms with Gasteiger partial charge in [0.05, 0.1) is 29.7 Å². The van der Waals surface area contributed by atoms with Crippen LogP contribution in [0.4, 0.5) is 20.3 Å². The highest BCUT2D eigenvalue weighted by molar-refractivity contribution is 5.92. The van der Waals surface area contributed by atoms with Crippen molar-refractivity contribution in [2.24, 2.45) is 17.8 Å². The number of halogens is 2. The molecule has 0 unspecified atom stereocenters. The highest BCUT2D eigenvalue weighted by Gasteiger charge is 2.47. The number of nitrogens with two attached hydrogens (primary N) is 1. The molecule has 4 N–H and O–H groups in total. The quantitative estimate of drug-likeness (QED) is 0.604. The van der Waals surface area contributed by atoms with Crippen molar-refractivity contribution in [2.75, 3.05) is 11.1 Å². The fourth-order valence-electron chi connectivity index (χ4n) is 5.21. The van der Waals surface area contributed by atoms with Crippen molar-refractivity contribution in [3.8, 4) is 5.69 Å². The van der Waals surface area contributed by atoms with Gasteiger partial charge >= 0.3 is 5.97 Å². The lowest BCUT2D eigenvalue weighted by Crippen LogP contribution is -2.51. The topological polar surface area (TPSA) is 106 Å². The van der Waals surface area contributed by atoms with Crippen molar-refractivity contribution < 1.29 is 18.7 Å². The number of rotatable bonds is 4. The van der Waals surface area contributed by atoms with Crippen molar-refractivity contribution in [1.82, 2.24) is 14.5 Å². The molecule has 0 aliphatic heterocycles. The van der Waals surface area contributed by atoms with E-state index in [2.05, 4.69) is 15.3 Å². The fourth-order valence-corrected chi connectivity index (χ4v) is 5.21. The number of aromatic nitrogens is 3. The number of aliphatic carboxylic acids is 1. The van der Waals surface area contributed by atoms with Gasteiger partial charge < -0.3 is 16.2 Å². The molecule has 3 aliphatic rings. The molecular formula is C21H21F2N5O2. The van der Waals surface area contributed by atoms with Gasteiger partial charge in [-0.1, -0.05) is 0 Å². The predicted octanol–water partition coefficient (Wildman–Crippen LogP) is 3.58. The van der Waals surface area contributed by atoms with E-state index in [1.165, 1.54) is 6.07 Å². The third-order valence-electron chi connectivity index (χ3n) is 6.61. The number of carbonyl (C=O) groups is 1. The Balaban J connectivity index is 1.59. The van der Waals surface area contributed by atoms with Gasteiger partial charge in [-0.15, -0.1) is 0 Å². The second kappa shape index (κ2) is 6.93. The summed E-state index contributed by atoms with van der Waals surface area (Å²) >= 11 is 0. The Hall–Kier alpha value is -3.23. The Morgan fingerprint density at radius 2 is 1.90 bits per heavy atom. The number of nitrogens with one attached hydrogen (secondary N) is 1. The van der Waals surface area contributed by atoms with Crippen LogP contribution in [0.5, 0.6) is 0 Å². The van der Waals surface area contributed by atoms with Gasteiger partial charge in [0.1, 0.15) is 17.3 Å². The van der Waals surface area contributed by atoms with Crippen LogP contribution in [0.2, 0.25) is 0 Å². The molecule has 156 valence electrons. The third-order valence-corrected chi connectivity index (χ3v) is 6.61. The van der Waals surface area contributed by atoms with E-state index in [1.807, 2.05) is 0 Å². The lowest BCUT2D eigenvalue weighted by Gasteiger charge is -2.47. The summed E-state index contributed by atoms with van der Waals surface area (Å²) in [6.45, 7) is 0. The van der Waals surface area contributed by atoms with Crippen molar-refractivity contribution >= 4 is 28.5 Å². The molecule has 3 heterocycles. The number of pyridine rings is 2. The smallest absolute Gasteiger partial charge is 0.308 e. The first kappa shape index (κ1) is 18.8. The van der Waals surface area contributed by atoms with Crippen LogP contribution in [-0.4, -0.2) is 31.7 Å². The molecule has 3 aromatic heterocycles. The van der Waals surface area contributed by atoms with Crippen LogP contribution in [0.3, 0.4) is 0 Å². The van der Waals surface area contributed by atoms with Crippen molar-refractivity contribution in [2.45, 2.75) is 31.7 Å². The van der Waals surface area contributed by atoms with Gasteiger partial charge in [0.15, 0.2) is 5.82 Å². The molecular weight excluding hydrogens is 392 g/mol. The highest BCUT2D eigenvalue weighted by atomic mass is 19.1. The van der Waals surface area contributed by atoms with Crippen LogP contribution in [0, 0.1) is 29.4 Å². The fraction of sp³-hybridized carbons (Fsp3) is 0.381. The van der Waals surface area contributed by atoms with E-state index >= 15 is 0 Å². The molecule has 0 aromatic carbocycles. The van der Waals surface area contributed by atoms with Gasteiger partial charge in [0, 0.05) is 23.7 Å². The number of hydrogen-bond acceptors (Lipinski definition) is 5. The monoisotopic (exact) mass is 413 g/mol. The van der Waals surface area contributed by atoms with E-state index in [-0.39, 0.29) is 29.4 Å². The van der Waals surface area contributed by atoms with Crippen molar-refractivity contribution in [3.63, 3.8) is 0 Å². The summed E-state index contributed by atoms with van der Waals surface area (Å²) in [6, 6.07) is 2.55. The van der Waals surface area contributed by atoms with Crippen LogP contribution in [0.1, 0.15) is 25.7 Å². The average molecular weight is 413 g/mol. The summed E-state index contributed by atoms with van der Waals surface area (Å²) in [6.07, 6.45) is 7.40.